The van der Waals surface area contributed by atoms with Gasteiger partial charge in [-0.25, -0.2) is 5.43 Å². The Kier molecular flexibility index (Phi) is 5.72. The summed E-state index contributed by atoms with van der Waals surface area (Å²) in [6.07, 6.45) is 5.80. The van der Waals surface area contributed by atoms with E-state index < -0.39 is 0 Å². The number of nitrogens with zero attached hydrogens (tertiary/aromatic N) is 1. The molecule has 1 aromatic rings. The van der Waals surface area contributed by atoms with Crippen molar-refractivity contribution in [2.24, 2.45) is 11.0 Å². The van der Waals surface area contributed by atoms with Gasteiger partial charge in [0.15, 0.2) is 0 Å². The number of benzene rings is 1. The molecule has 0 atom stereocenters. The molecule has 3 nitrogen and oxygen atoms in total. The molecule has 0 fully saturated rings. The van der Waals surface area contributed by atoms with Crippen molar-refractivity contribution in [1.82, 2.24) is 5.43 Å². The van der Waals surface area contributed by atoms with E-state index in [1.807, 2.05) is 50.3 Å². The van der Waals surface area contributed by atoms with Crippen LogP contribution in [0.15, 0.2) is 41.5 Å². The molecular formula is C14H18N2O. The second kappa shape index (κ2) is 7.39. The molecule has 1 rings (SSSR count). The molecule has 0 saturated carbocycles. The second-order valence-electron chi connectivity index (χ2n) is 4.18. The van der Waals surface area contributed by atoms with Gasteiger partial charge in [0.25, 0.3) is 0 Å². The Labute approximate surface area is 102 Å². The number of rotatable bonds is 5. The zero-order valence-corrected chi connectivity index (χ0v) is 10.3. The molecule has 0 aliphatic carbocycles. The van der Waals surface area contributed by atoms with E-state index in [2.05, 4.69) is 10.5 Å². The first-order chi connectivity index (χ1) is 8.18. The van der Waals surface area contributed by atoms with E-state index in [1.165, 1.54) is 0 Å². The minimum Gasteiger partial charge on any atom is -0.273 e. The molecular weight excluding hydrogens is 212 g/mol. The Balaban J connectivity index is 2.31. The fourth-order valence-electron chi connectivity index (χ4n) is 1.29. The first kappa shape index (κ1) is 13.2. The summed E-state index contributed by atoms with van der Waals surface area (Å²) >= 11 is 0. The van der Waals surface area contributed by atoms with Crippen LogP contribution in [-0.4, -0.2) is 12.1 Å². The van der Waals surface area contributed by atoms with Crippen molar-refractivity contribution in [2.75, 3.05) is 0 Å². The lowest BCUT2D eigenvalue weighted by molar-refractivity contribution is -0.121. The van der Waals surface area contributed by atoms with Crippen molar-refractivity contribution in [2.45, 2.75) is 20.3 Å². The van der Waals surface area contributed by atoms with Crippen molar-refractivity contribution >= 4 is 18.2 Å². The van der Waals surface area contributed by atoms with Crippen LogP contribution in [-0.2, 0) is 4.79 Å². The van der Waals surface area contributed by atoms with E-state index in [4.69, 9.17) is 0 Å². The van der Waals surface area contributed by atoms with Gasteiger partial charge in [-0.3, -0.25) is 4.79 Å². The third-order valence-electron chi connectivity index (χ3n) is 2.03. The first-order valence-corrected chi connectivity index (χ1v) is 5.72. The van der Waals surface area contributed by atoms with Crippen LogP contribution in [0.5, 0.6) is 0 Å². The van der Waals surface area contributed by atoms with Crippen LogP contribution < -0.4 is 5.43 Å². The minimum atomic E-state index is -0.0515. The van der Waals surface area contributed by atoms with Crippen LogP contribution in [0.2, 0.25) is 0 Å². The highest BCUT2D eigenvalue weighted by Crippen LogP contribution is 2.00. The van der Waals surface area contributed by atoms with Crippen molar-refractivity contribution < 1.29 is 4.79 Å². The number of nitrogens with one attached hydrogen (secondary N) is 1. The molecule has 0 aromatic heterocycles. The molecule has 1 aromatic carbocycles. The van der Waals surface area contributed by atoms with Gasteiger partial charge >= 0.3 is 0 Å². The SMILES string of the molecule is CC(C)CC(=O)NN=CC=Cc1ccccc1. The van der Waals surface area contributed by atoms with E-state index >= 15 is 0 Å². The molecule has 0 heterocycles. The van der Waals surface area contributed by atoms with Crippen molar-refractivity contribution in [3.05, 3.63) is 42.0 Å². The number of carbonyl (C=O) groups is 1. The lowest BCUT2D eigenvalue weighted by Crippen LogP contribution is -2.18. The number of amides is 1. The molecule has 0 bridgehead atoms. The van der Waals surface area contributed by atoms with Gasteiger partial charge in [0.1, 0.15) is 0 Å². The van der Waals surface area contributed by atoms with Gasteiger partial charge in [-0.2, -0.15) is 5.10 Å². The maximum atomic E-state index is 11.2. The molecule has 17 heavy (non-hydrogen) atoms. The van der Waals surface area contributed by atoms with Crippen molar-refractivity contribution in [1.29, 1.82) is 0 Å². The Morgan fingerprint density at radius 1 is 1.35 bits per heavy atom. The van der Waals surface area contributed by atoms with Crippen LogP contribution in [0.4, 0.5) is 0 Å². The molecule has 1 N–H and O–H groups in total. The van der Waals surface area contributed by atoms with Crippen LogP contribution in [0.1, 0.15) is 25.8 Å². The summed E-state index contributed by atoms with van der Waals surface area (Å²) in [5.41, 5.74) is 3.58. The molecule has 3 heteroatoms. The highest BCUT2D eigenvalue weighted by Gasteiger charge is 2.01. The molecule has 90 valence electrons. The van der Waals surface area contributed by atoms with Gasteiger partial charge in [0, 0.05) is 12.6 Å². The van der Waals surface area contributed by atoms with Gasteiger partial charge in [-0.15, -0.1) is 0 Å². The molecule has 0 spiro atoms. The fourth-order valence-corrected chi connectivity index (χ4v) is 1.29. The van der Waals surface area contributed by atoms with Gasteiger partial charge in [0.2, 0.25) is 5.91 Å². The molecule has 0 radical (unpaired) electrons. The van der Waals surface area contributed by atoms with Crippen LogP contribution >= 0.6 is 0 Å². The molecule has 0 unspecified atom stereocenters. The Morgan fingerprint density at radius 2 is 2.06 bits per heavy atom. The zero-order chi connectivity index (χ0) is 12.5. The summed E-state index contributed by atoms with van der Waals surface area (Å²) in [7, 11) is 0. The predicted molar refractivity (Wildman–Crippen MR) is 71.6 cm³/mol. The largest absolute Gasteiger partial charge is 0.273 e. The molecule has 0 aliphatic rings. The Hall–Kier alpha value is -1.90. The number of hydrazone groups is 1. The highest BCUT2D eigenvalue weighted by atomic mass is 16.2. The van der Waals surface area contributed by atoms with Crippen molar-refractivity contribution in [3.63, 3.8) is 0 Å². The lowest BCUT2D eigenvalue weighted by Gasteiger charge is -2.01. The molecule has 0 saturated heterocycles. The third-order valence-corrected chi connectivity index (χ3v) is 2.03. The van der Waals surface area contributed by atoms with Crippen LogP contribution in [0, 0.1) is 5.92 Å². The number of hydrogen-bond donors (Lipinski definition) is 1. The highest BCUT2D eigenvalue weighted by molar-refractivity contribution is 5.81. The van der Waals surface area contributed by atoms with Gasteiger partial charge in [-0.05, 0) is 17.6 Å². The Bertz CT molecular complexity index is 394. The normalized spacial score (nSPS) is 11.5. The average molecular weight is 230 g/mol. The average Bonchev–Trinajstić information content (AvgIpc) is 2.29. The number of carbonyl (C=O) groups excluding carboxylic acids is 1. The van der Waals surface area contributed by atoms with E-state index in [9.17, 15) is 4.79 Å². The molecule has 1 amide bonds. The van der Waals surface area contributed by atoms with E-state index in [0.29, 0.717) is 12.3 Å². The third kappa shape index (κ3) is 6.30. The maximum Gasteiger partial charge on any atom is 0.240 e. The standard InChI is InChI=1S/C14H18N2O/c1-12(2)11-14(17)16-15-10-6-9-13-7-4-3-5-8-13/h3-10,12H,11H2,1-2H3,(H,16,17). The summed E-state index contributed by atoms with van der Waals surface area (Å²) < 4.78 is 0. The van der Waals surface area contributed by atoms with Crippen molar-refractivity contribution in [3.8, 4) is 0 Å². The van der Waals surface area contributed by atoms with E-state index in [1.54, 1.807) is 12.3 Å². The van der Waals surface area contributed by atoms with Gasteiger partial charge in [-0.1, -0.05) is 50.3 Å². The lowest BCUT2D eigenvalue weighted by atomic mass is 10.1. The minimum absolute atomic E-state index is 0.0515. The smallest absolute Gasteiger partial charge is 0.240 e. The fraction of sp³-hybridized carbons (Fsp3) is 0.286. The summed E-state index contributed by atoms with van der Waals surface area (Å²) in [5.74, 6) is 0.300. The number of hydrogen-bond acceptors (Lipinski definition) is 2. The maximum absolute atomic E-state index is 11.2. The van der Waals surface area contributed by atoms with Gasteiger partial charge in [0.05, 0.1) is 0 Å². The summed E-state index contributed by atoms with van der Waals surface area (Å²) in [5, 5.41) is 3.83. The van der Waals surface area contributed by atoms with Crippen LogP contribution in [0.25, 0.3) is 6.08 Å². The van der Waals surface area contributed by atoms with E-state index in [0.717, 1.165) is 5.56 Å². The first-order valence-electron chi connectivity index (χ1n) is 5.72. The van der Waals surface area contributed by atoms with Gasteiger partial charge < -0.3 is 0 Å². The predicted octanol–water partition coefficient (Wildman–Crippen LogP) is 2.85. The second-order valence-corrected chi connectivity index (χ2v) is 4.18. The summed E-state index contributed by atoms with van der Waals surface area (Å²) in [6.45, 7) is 4.00. The quantitative estimate of drug-likeness (QED) is 0.613. The monoisotopic (exact) mass is 230 g/mol. The van der Waals surface area contributed by atoms with E-state index in [-0.39, 0.29) is 5.91 Å². The topological polar surface area (TPSA) is 41.5 Å². The summed E-state index contributed by atoms with van der Waals surface area (Å²) in [4.78, 5) is 11.2. The van der Waals surface area contributed by atoms with Crippen LogP contribution in [0.3, 0.4) is 0 Å². The zero-order valence-electron chi connectivity index (χ0n) is 10.3. The summed E-state index contributed by atoms with van der Waals surface area (Å²) in [6, 6.07) is 9.92. The molecule has 0 aliphatic heterocycles. The Morgan fingerprint density at radius 3 is 2.71 bits per heavy atom. The number of allylic oxidation sites excluding steroid dienone is 1.